The topological polar surface area (TPSA) is 38.3 Å². The molecule has 1 N–H and O–H groups in total. The van der Waals surface area contributed by atoms with E-state index in [0.29, 0.717) is 0 Å². The quantitative estimate of drug-likeness (QED) is 0.709. The van der Waals surface area contributed by atoms with Crippen LogP contribution in [-0.4, -0.2) is 13.0 Å². The van der Waals surface area contributed by atoms with Crippen LogP contribution in [-0.2, 0) is 4.79 Å². The molecule has 0 radical (unpaired) electrons. The van der Waals surface area contributed by atoms with Crippen LogP contribution in [0, 0.1) is 0 Å². The van der Waals surface area contributed by atoms with Crippen molar-refractivity contribution in [2.75, 3.05) is 12.4 Å². The molecule has 0 bridgehead atoms. The maximum Gasteiger partial charge on any atom is 0.231 e. The minimum absolute atomic E-state index is 0.0412. The molecule has 1 aliphatic heterocycles. The SMILES string of the molecule is COc1cccc2c1[C@@H](C)C(=O)N2. The molecule has 1 aromatic rings. The molecule has 1 aromatic carbocycles. The zero-order valence-corrected chi connectivity index (χ0v) is 7.63. The first kappa shape index (κ1) is 8.10. The highest BCUT2D eigenvalue weighted by molar-refractivity contribution is 6.03. The van der Waals surface area contributed by atoms with Crippen molar-refractivity contribution >= 4 is 11.6 Å². The molecule has 1 atom stereocenters. The number of methoxy groups -OCH3 is 1. The largest absolute Gasteiger partial charge is 0.496 e. The van der Waals surface area contributed by atoms with Crippen molar-refractivity contribution in [3.05, 3.63) is 23.8 Å². The number of carbonyl (C=O) groups is 1. The standard InChI is InChI=1S/C10H11NO2/c1-6-9-7(11-10(6)12)4-3-5-8(9)13-2/h3-6H,1-2H3,(H,11,12)/t6-/m1/s1. The third-order valence-corrected chi connectivity index (χ3v) is 2.37. The van der Waals surface area contributed by atoms with E-state index in [1.165, 1.54) is 0 Å². The van der Waals surface area contributed by atoms with E-state index in [2.05, 4.69) is 5.32 Å². The first-order chi connectivity index (χ1) is 6.24. The molecule has 3 nitrogen and oxygen atoms in total. The lowest BCUT2D eigenvalue weighted by Gasteiger charge is -2.07. The summed E-state index contributed by atoms with van der Waals surface area (Å²) in [5.41, 5.74) is 1.84. The van der Waals surface area contributed by atoms with Gasteiger partial charge < -0.3 is 10.1 Å². The van der Waals surface area contributed by atoms with Gasteiger partial charge in [-0.1, -0.05) is 6.07 Å². The molecule has 1 amide bonds. The van der Waals surface area contributed by atoms with Gasteiger partial charge in [0.1, 0.15) is 5.75 Å². The average Bonchev–Trinajstić information content (AvgIpc) is 2.43. The van der Waals surface area contributed by atoms with Gasteiger partial charge in [0.05, 0.1) is 13.0 Å². The number of amides is 1. The average molecular weight is 177 g/mol. The van der Waals surface area contributed by atoms with E-state index in [1.54, 1.807) is 7.11 Å². The second-order valence-electron chi connectivity index (χ2n) is 3.13. The summed E-state index contributed by atoms with van der Waals surface area (Å²) in [4.78, 5) is 11.3. The minimum atomic E-state index is -0.105. The lowest BCUT2D eigenvalue weighted by molar-refractivity contribution is -0.116. The summed E-state index contributed by atoms with van der Waals surface area (Å²) in [7, 11) is 1.62. The molecule has 0 aliphatic carbocycles. The lowest BCUT2D eigenvalue weighted by atomic mass is 10.0. The highest BCUT2D eigenvalue weighted by atomic mass is 16.5. The molecule has 1 aliphatic rings. The summed E-state index contributed by atoms with van der Waals surface area (Å²) in [5, 5.41) is 2.80. The number of hydrogen-bond donors (Lipinski definition) is 1. The van der Waals surface area contributed by atoms with Crippen LogP contribution < -0.4 is 10.1 Å². The van der Waals surface area contributed by atoms with Crippen LogP contribution in [0.15, 0.2) is 18.2 Å². The van der Waals surface area contributed by atoms with E-state index in [0.717, 1.165) is 17.0 Å². The Hall–Kier alpha value is -1.51. The van der Waals surface area contributed by atoms with E-state index < -0.39 is 0 Å². The fraction of sp³-hybridized carbons (Fsp3) is 0.300. The Bertz CT molecular complexity index is 360. The van der Waals surface area contributed by atoms with Gasteiger partial charge in [0, 0.05) is 11.3 Å². The third-order valence-electron chi connectivity index (χ3n) is 2.37. The maximum atomic E-state index is 11.3. The Morgan fingerprint density at radius 2 is 2.23 bits per heavy atom. The predicted octanol–water partition coefficient (Wildman–Crippen LogP) is 1.75. The zero-order valence-electron chi connectivity index (χ0n) is 7.63. The number of carbonyl (C=O) groups excluding carboxylic acids is 1. The molecule has 1 heterocycles. The number of hydrogen-bond acceptors (Lipinski definition) is 2. The van der Waals surface area contributed by atoms with Gasteiger partial charge in [0.15, 0.2) is 0 Å². The Balaban J connectivity index is 2.57. The van der Waals surface area contributed by atoms with Gasteiger partial charge in [0.25, 0.3) is 0 Å². The molecule has 3 heteroatoms. The molecular weight excluding hydrogens is 166 g/mol. The number of nitrogens with one attached hydrogen (secondary N) is 1. The first-order valence-corrected chi connectivity index (χ1v) is 4.22. The predicted molar refractivity (Wildman–Crippen MR) is 50.0 cm³/mol. The van der Waals surface area contributed by atoms with Crippen LogP contribution in [0.1, 0.15) is 18.4 Å². The van der Waals surface area contributed by atoms with Crippen molar-refractivity contribution in [3.63, 3.8) is 0 Å². The van der Waals surface area contributed by atoms with Crippen LogP contribution in [0.25, 0.3) is 0 Å². The van der Waals surface area contributed by atoms with Crippen LogP contribution in [0.4, 0.5) is 5.69 Å². The van der Waals surface area contributed by atoms with E-state index >= 15 is 0 Å². The van der Waals surface area contributed by atoms with E-state index in [9.17, 15) is 4.79 Å². The molecule has 68 valence electrons. The molecular formula is C10H11NO2. The van der Waals surface area contributed by atoms with Crippen LogP contribution in [0.2, 0.25) is 0 Å². The van der Waals surface area contributed by atoms with Gasteiger partial charge in [-0.25, -0.2) is 0 Å². The zero-order chi connectivity index (χ0) is 9.42. The minimum Gasteiger partial charge on any atom is -0.496 e. The fourth-order valence-corrected chi connectivity index (χ4v) is 1.65. The van der Waals surface area contributed by atoms with Crippen molar-refractivity contribution in [2.45, 2.75) is 12.8 Å². The first-order valence-electron chi connectivity index (χ1n) is 4.22. The summed E-state index contributed by atoms with van der Waals surface area (Å²) in [6, 6.07) is 5.63. The summed E-state index contributed by atoms with van der Waals surface area (Å²) < 4.78 is 5.18. The Kier molecular flexibility index (Phi) is 1.72. The van der Waals surface area contributed by atoms with Crippen molar-refractivity contribution in [2.24, 2.45) is 0 Å². The van der Waals surface area contributed by atoms with Gasteiger partial charge in [-0.05, 0) is 19.1 Å². The van der Waals surface area contributed by atoms with Crippen LogP contribution >= 0.6 is 0 Å². The number of fused-ring (bicyclic) bond motifs is 1. The third kappa shape index (κ3) is 1.08. The van der Waals surface area contributed by atoms with Crippen molar-refractivity contribution < 1.29 is 9.53 Å². The number of ether oxygens (including phenoxy) is 1. The monoisotopic (exact) mass is 177 g/mol. The summed E-state index contributed by atoms with van der Waals surface area (Å²) >= 11 is 0. The Morgan fingerprint density at radius 3 is 2.92 bits per heavy atom. The molecule has 0 aromatic heterocycles. The highest BCUT2D eigenvalue weighted by Gasteiger charge is 2.29. The molecule has 0 saturated heterocycles. The molecule has 0 spiro atoms. The van der Waals surface area contributed by atoms with Crippen LogP contribution in [0.3, 0.4) is 0 Å². The van der Waals surface area contributed by atoms with Crippen molar-refractivity contribution in [1.29, 1.82) is 0 Å². The highest BCUT2D eigenvalue weighted by Crippen LogP contribution is 2.38. The summed E-state index contributed by atoms with van der Waals surface area (Å²) in [6.07, 6.45) is 0. The maximum absolute atomic E-state index is 11.3. The van der Waals surface area contributed by atoms with Gasteiger partial charge in [-0.15, -0.1) is 0 Å². The molecule has 13 heavy (non-hydrogen) atoms. The van der Waals surface area contributed by atoms with E-state index in [4.69, 9.17) is 4.74 Å². The van der Waals surface area contributed by atoms with E-state index in [-0.39, 0.29) is 11.8 Å². The summed E-state index contributed by atoms with van der Waals surface area (Å²) in [6.45, 7) is 1.88. The lowest BCUT2D eigenvalue weighted by Crippen LogP contribution is -2.08. The van der Waals surface area contributed by atoms with Gasteiger partial charge >= 0.3 is 0 Å². The smallest absolute Gasteiger partial charge is 0.231 e. The number of benzene rings is 1. The summed E-state index contributed by atoms with van der Waals surface area (Å²) in [5.74, 6) is 0.717. The van der Waals surface area contributed by atoms with Crippen molar-refractivity contribution in [3.8, 4) is 5.75 Å². The van der Waals surface area contributed by atoms with Gasteiger partial charge in [-0.3, -0.25) is 4.79 Å². The Labute approximate surface area is 76.7 Å². The Morgan fingerprint density at radius 1 is 1.46 bits per heavy atom. The van der Waals surface area contributed by atoms with Gasteiger partial charge in [0.2, 0.25) is 5.91 Å². The molecule has 0 unspecified atom stereocenters. The number of anilines is 1. The molecule has 2 rings (SSSR count). The van der Waals surface area contributed by atoms with E-state index in [1.807, 2.05) is 25.1 Å². The van der Waals surface area contributed by atoms with Gasteiger partial charge in [-0.2, -0.15) is 0 Å². The normalized spacial score (nSPS) is 19.5. The molecule has 0 saturated carbocycles. The second kappa shape index (κ2) is 2.76. The second-order valence-corrected chi connectivity index (χ2v) is 3.13. The van der Waals surface area contributed by atoms with Crippen molar-refractivity contribution in [1.82, 2.24) is 0 Å². The molecule has 0 fully saturated rings. The fourth-order valence-electron chi connectivity index (χ4n) is 1.65. The van der Waals surface area contributed by atoms with Crippen LogP contribution in [0.5, 0.6) is 5.75 Å². The number of rotatable bonds is 1.